The van der Waals surface area contributed by atoms with Crippen LogP contribution in [0.25, 0.3) is 0 Å². The molecule has 1 aromatic heterocycles. The van der Waals surface area contributed by atoms with Crippen molar-refractivity contribution in [2.75, 3.05) is 33.4 Å². The summed E-state index contributed by atoms with van der Waals surface area (Å²) >= 11 is 0. The molecule has 1 atom stereocenters. The molecular weight excluding hydrogens is 259 g/mol. The van der Waals surface area contributed by atoms with Gasteiger partial charge in [-0.2, -0.15) is 0 Å². The average Bonchev–Trinajstić information content (AvgIpc) is 2.47. The zero-order chi connectivity index (χ0) is 14.4. The third-order valence-electron chi connectivity index (χ3n) is 3.92. The number of rotatable bonds is 6. The van der Waals surface area contributed by atoms with E-state index < -0.39 is 6.10 Å². The third kappa shape index (κ3) is 4.51. The largest absolute Gasteiger partial charge is 0.387 e. The van der Waals surface area contributed by atoms with Gasteiger partial charge in [0.1, 0.15) is 5.82 Å². The molecule has 1 saturated heterocycles. The minimum absolute atomic E-state index is 0.374. The summed E-state index contributed by atoms with van der Waals surface area (Å²) in [7, 11) is 1.75. The summed E-state index contributed by atoms with van der Waals surface area (Å²) in [5, 5.41) is 10.0. The highest BCUT2D eigenvalue weighted by Gasteiger charge is 2.20. The van der Waals surface area contributed by atoms with Crippen LogP contribution < -0.4 is 0 Å². The first-order valence-corrected chi connectivity index (χ1v) is 7.20. The number of aromatic nitrogens is 1. The number of ether oxygens (including phenoxy) is 1. The molecule has 0 spiro atoms. The van der Waals surface area contributed by atoms with Crippen LogP contribution in [0.1, 0.15) is 31.1 Å². The van der Waals surface area contributed by atoms with Crippen LogP contribution in [-0.4, -0.2) is 48.3 Å². The molecule has 20 heavy (non-hydrogen) atoms. The molecule has 1 aromatic rings. The number of hydrogen-bond acceptors (Lipinski definition) is 4. The predicted molar refractivity (Wildman–Crippen MR) is 74.8 cm³/mol. The molecule has 1 aliphatic heterocycles. The Balaban J connectivity index is 1.71. The number of methoxy groups -OCH3 is 1. The second-order valence-electron chi connectivity index (χ2n) is 5.45. The van der Waals surface area contributed by atoms with Crippen molar-refractivity contribution < 1.29 is 14.2 Å². The summed E-state index contributed by atoms with van der Waals surface area (Å²) in [4.78, 5) is 6.28. The van der Waals surface area contributed by atoms with Gasteiger partial charge in [-0.05, 0) is 50.4 Å². The summed E-state index contributed by atoms with van der Waals surface area (Å²) in [5.41, 5.74) is 0.542. The molecule has 1 unspecified atom stereocenters. The van der Waals surface area contributed by atoms with Crippen molar-refractivity contribution in [3.05, 3.63) is 29.8 Å². The molecule has 1 aliphatic rings. The van der Waals surface area contributed by atoms with Crippen LogP contribution in [-0.2, 0) is 4.74 Å². The van der Waals surface area contributed by atoms with Crippen LogP contribution in [0, 0.1) is 11.7 Å². The highest BCUT2D eigenvalue weighted by Crippen LogP contribution is 2.20. The Morgan fingerprint density at radius 2 is 2.20 bits per heavy atom. The molecule has 2 rings (SSSR count). The van der Waals surface area contributed by atoms with Crippen molar-refractivity contribution in [1.82, 2.24) is 9.88 Å². The molecule has 0 aromatic carbocycles. The summed E-state index contributed by atoms with van der Waals surface area (Å²) in [6, 6.07) is 2.88. The fourth-order valence-corrected chi connectivity index (χ4v) is 2.65. The average molecular weight is 282 g/mol. The van der Waals surface area contributed by atoms with Gasteiger partial charge in [-0.1, -0.05) is 0 Å². The second-order valence-corrected chi connectivity index (χ2v) is 5.45. The number of piperidine rings is 1. The number of aliphatic hydroxyl groups is 1. The first kappa shape index (κ1) is 15.4. The van der Waals surface area contributed by atoms with Gasteiger partial charge in [0, 0.05) is 20.3 Å². The number of pyridine rings is 1. The fraction of sp³-hybridized carbons (Fsp3) is 0.667. The van der Waals surface area contributed by atoms with E-state index >= 15 is 0 Å². The van der Waals surface area contributed by atoms with Crippen LogP contribution in [0.3, 0.4) is 0 Å². The summed E-state index contributed by atoms with van der Waals surface area (Å²) in [6.45, 7) is 3.80. The second kappa shape index (κ2) is 7.67. The van der Waals surface area contributed by atoms with Gasteiger partial charge >= 0.3 is 0 Å². The van der Waals surface area contributed by atoms with Gasteiger partial charge in [0.2, 0.25) is 0 Å². The lowest BCUT2D eigenvalue weighted by molar-refractivity contribution is 0.0861. The van der Waals surface area contributed by atoms with E-state index in [9.17, 15) is 9.50 Å². The third-order valence-corrected chi connectivity index (χ3v) is 3.92. The molecule has 1 N–H and O–H groups in total. The molecule has 0 bridgehead atoms. The Kier molecular flexibility index (Phi) is 5.88. The molecule has 0 aliphatic carbocycles. The molecule has 0 amide bonds. The van der Waals surface area contributed by atoms with Crippen LogP contribution in [0.15, 0.2) is 18.3 Å². The van der Waals surface area contributed by atoms with E-state index in [1.165, 1.54) is 6.07 Å². The van der Waals surface area contributed by atoms with E-state index in [0.717, 1.165) is 45.3 Å². The van der Waals surface area contributed by atoms with E-state index in [2.05, 4.69) is 9.88 Å². The molecule has 0 saturated carbocycles. The monoisotopic (exact) mass is 282 g/mol. The minimum atomic E-state index is -0.618. The lowest BCUT2D eigenvalue weighted by Gasteiger charge is -2.32. The summed E-state index contributed by atoms with van der Waals surface area (Å²) < 4.78 is 17.9. The Labute approximate surface area is 119 Å². The summed E-state index contributed by atoms with van der Waals surface area (Å²) in [6.07, 6.45) is 3.46. The molecule has 2 heterocycles. The van der Waals surface area contributed by atoms with Crippen LogP contribution >= 0.6 is 0 Å². The van der Waals surface area contributed by atoms with Crippen molar-refractivity contribution >= 4 is 0 Å². The van der Waals surface area contributed by atoms with Gasteiger partial charge in [-0.3, -0.25) is 4.98 Å². The highest BCUT2D eigenvalue weighted by atomic mass is 19.1. The lowest BCUT2D eigenvalue weighted by Crippen LogP contribution is -2.36. The van der Waals surface area contributed by atoms with E-state index in [1.807, 2.05) is 0 Å². The van der Waals surface area contributed by atoms with Crippen molar-refractivity contribution in [2.24, 2.45) is 5.92 Å². The smallest absolute Gasteiger partial charge is 0.141 e. The first-order chi connectivity index (χ1) is 9.69. The van der Waals surface area contributed by atoms with E-state index in [-0.39, 0.29) is 5.82 Å². The van der Waals surface area contributed by atoms with Gasteiger partial charge in [-0.15, -0.1) is 0 Å². The Bertz CT molecular complexity index is 391. The lowest BCUT2D eigenvalue weighted by atomic mass is 9.97. The van der Waals surface area contributed by atoms with Crippen molar-refractivity contribution in [2.45, 2.75) is 25.4 Å². The van der Waals surface area contributed by atoms with Crippen LogP contribution in [0.5, 0.6) is 0 Å². The highest BCUT2D eigenvalue weighted by molar-refractivity contribution is 5.07. The maximum absolute atomic E-state index is 12.8. The SMILES string of the molecule is COCC1CCN(CCC(O)c2ccc(F)cn2)CC1. The molecule has 1 fully saturated rings. The van der Waals surface area contributed by atoms with Gasteiger partial charge < -0.3 is 14.7 Å². The maximum atomic E-state index is 12.8. The zero-order valence-electron chi connectivity index (χ0n) is 12.0. The van der Waals surface area contributed by atoms with Crippen LogP contribution in [0.2, 0.25) is 0 Å². The van der Waals surface area contributed by atoms with Crippen molar-refractivity contribution in [3.63, 3.8) is 0 Å². The molecule has 4 nitrogen and oxygen atoms in total. The van der Waals surface area contributed by atoms with Gasteiger partial charge in [0.15, 0.2) is 0 Å². The van der Waals surface area contributed by atoms with E-state index in [4.69, 9.17) is 4.74 Å². The van der Waals surface area contributed by atoms with Gasteiger partial charge in [0.25, 0.3) is 0 Å². The zero-order valence-corrected chi connectivity index (χ0v) is 12.0. The first-order valence-electron chi connectivity index (χ1n) is 7.20. The predicted octanol–water partition coefficient (Wildman–Crippen LogP) is 2.00. The summed E-state index contributed by atoms with van der Waals surface area (Å²) in [5.74, 6) is 0.293. The standard InChI is InChI=1S/C15H23FN2O2/c1-20-11-12-4-7-18(8-5-12)9-6-15(19)14-3-2-13(16)10-17-14/h2-3,10,12,15,19H,4-9,11H2,1H3. The fourth-order valence-electron chi connectivity index (χ4n) is 2.65. The van der Waals surface area contributed by atoms with Gasteiger partial charge in [-0.25, -0.2) is 4.39 Å². The van der Waals surface area contributed by atoms with Crippen molar-refractivity contribution in [1.29, 1.82) is 0 Å². The number of nitrogens with zero attached hydrogens (tertiary/aromatic N) is 2. The Hall–Kier alpha value is -1.04. The quantitative estimate of drug-likeness (QED) is 0.867. The molecular formula is C15H23FN2O2. The van der Waals surface area contributed by atoms with E-state index in [0.29, 0.717) is 18.0 Å². The number of halogens is 1. The molecule has 112 valence electrons. The Morgan fingerprint density at radius 1 is 1.45 bits per heavy atom. The normalized spacial score (nSPS) is 19.1. The Morgan fingerprint density at radius 3 is 2.80 bits per heavy atom. The van der Waals surface area contributed by atoms with Crippen molar-refractivity contribution in [3.8, 4) is 0 Å². The maximum Gasteiger partial charge on any atom is 0.141 e. The minimum Gasteiger partial charge on any atom is -0.387 e. The van der Waals surface area contributed by atoms with Gasteiger partial charge in [0.05, 0.1) is 18.0 Å². The molecule has 0 radical (unpaired) electrons. The number of likely N-dealkylation sites (tertiary alicyclic amines) is 1. The number of aliphatic hydroxyl groups excluding tert-OH is 1. The van der Waals surface area contributed by atoms with E-state index in [1.54, 1.807) is 13.2 Å². The van der Waals surface area contributed by atoms with Crippen LogP contribution in [0.4, 0.5) is 4.39 Å². The number of hydrogen-bond donors (Lipinski definition) is 1. The molecule has 5 heteroatoms. The topological polar surface area (TPSA) is 45.6 Å².